The van der Waals surface area contributed by atoms with Crippen molar-refractivity contribution >= 4 is 5.69 Å². The van der Waals surface area contributed by atoms with Crippen LogP contribution in [0.4, 0.5) is 5.69 Å². The fourth-order valence-corrected chi connectivity index (χ4v) is 1.01. The van der Waals surface area contributed by atoms with Crippen molar-refractivity contribution in [2.45, 2.75) is 0 Å². The number of nitrogen functional groups attached to an aromatic ring is 1. The van der Waals surface area contributed by atoms with Crippen molar-refractivity contribution in [1.82, 2.24) is 9.13 Å². The van der Waals surface area contributed by atoms with Crippen LogP contribution in [0.2, 0.25) is 0 Å². The second-order valence-electron chi connectivity index (χ2n) is 2.58. The van der Waals surface area contributed by atoms with E-state index in [1.54, 1.807) is 6.07 Å². The average molecular weight is 180 g/mol. The van der Waals surface area contributed by atoms with Crippen LogP contribution in [0.5, 0.6) is 0 Å². The Morgan fingerprint density at radius 3 is 2.31 bits per heavy atom. The van der Waals surface area contributed by atoms with E-state index in [9.17, 15) is 9.59 Å². The van der Waals surface area contributed by atoms with E-state index in [-0.39, 0.29) is 11.4 Å². The van der Waals surface area contributed by atoms with Gasteiger partial charge in [-0.3, -0.25) is 13.9 Å². The molecule has 0 aliphatic rings. The summed E-state index contributed by atoms with van der Waals surface area (Å²) in [6.45, 7) is 0. The molecule has 6 nitrogen and oxygen atoms in total. The quantitative estimate of drug-likeness (QED) is 0.527. The number of nitriles is 1. The third-order valence-electron chi connectivity index (χ3n) is 1.81. The molecule has 6 heteroatoms. The molecule has 0 spiro atoms. The molecule has 0 bridgehead atoms. The summed E-state index contributed by atoms with van der Waals surface area (Å²) < 4.78 is 1.90. The van der Waals surface area contributed by atoms with Crippen LogP contribution in [0.1, 0.15) is 5.69 Å². The summed E-state index contributed by atoms with van der Waals surface area (Å²) in [6, 6.07) is 1.70. The van der Waals surface area contributed by atoms with Crippen molar-refractivity contribution in [2.24, 2.45) is 14.1 Å². The molecule has 0 aliphatic heterocycles. The van der Waals surface area contributed by atoms with E-state index in [0.29, 0.717) is 0 Å². The molecule has 0 saturated heterocycles. The molecule has 13 heavy (non-hydrogen) atoms. The van der Waals surface area contributed by atoms with Gasteiger partial charge in [-0.25, -0.2) is 4.79 Å². The second-order valence-corrected chi connectivity index (χ2v) is 2.58. The Kier molecular flexibility index (Phi) is 1.94. The van der Waals surface area contributed by atoms with E-state index in [1.807, 2.05) is 0 Å². The number of rotatable bonds is 0. The lowest BCUT2D eigenvalue weighted by Gasteiger charge is -2.05. The van der Waals surface area contributed by atoms with E-state index in [4.69, 9.17) is 11.0 Å². The monoisotopic (exact) mass is 180 g/mol. The SMILES string of the molecule is Cn1c(C#N)c(N)c(=O)n(C)c1=O. The highest BCUT2D eigenvalue weighted by Gasteiger charge is 2.11. The fourth-order valence-electron chi connectivity index (χ4n) is 1.01. The number of hydrogen-bond acceptors (Lipinski definition) is 4. The Morgan fingerprint density at radius 1 is 1.31 bits per heavy atom. The van der Waals surface area contributed by atoms with Crippen molar-refractivity contribution in [3.63, 3.8) is 0 Å². The van der Waals surface area contributed by atoms with E-state index in [2.05, 4.69) is 0 Å². The van der Waals surface area contributed by atoms with Gasteiger partial charge < -0.3 is 5.73 Å². The molecule has 1 aromatic rings. The van der Waals surface area contributed by atoms with E-state index < -0.39 is 11.2 Å². The third kappa shape index (κ3) is 1.10. The zero-order valence-corrected chi connectivity index (χ0v) is 7.24. The van der Waals surface area contributed by atoms with Crippen molar-refractivity contribution in [3.8, 4) is 6.07 Å². The van der Waals surface area contributed by atoms with Crippen LogP contribution in [0.3, 0.4) is 0 Å². The van der Waals surface area contributed by atoms with Gasteiger partial charge in [0.15, 0.2) is 5.69 Å². The minimum absolute atomic E-state index is 0.104. The highest BCUT2D eigenvalue weighted by atomic mass is 16.2. The largest absolute Gasteiger partial charge is 0.392 e. The molecule has 68 valence electrons. The molecule has 1 aromatic heterocycles. The lowest BCUT2D eigenvalue weighted by Crippen LogP contribution is -2.39. The Labute approximate surface area is 73.4 Å². The number of hydrogen-bond donors (Lipinski definition) is 1. The Morgan fingerprint density at radius 2 is 1.85 bits per heavy atom. The molecule has 0 radical (unpaired) electrons. The van der Waals surface area contributed by atoms with Gasteiger partial charge in [0, 0.05) is 14.1 Å². The first-order chi connectivity index (χ1) is 6.00. The Bertz CT molecular complexity index is 466. The highest BCUT2D eigenvalue weighted by Crippen LogP contribution is 1.98. The van der Waals surface area contributed by atoms with Crippen LogP contribution in [0.25, 0.3) is 0 Å². The van der Waals surface area contributed by atoms with Crippen LogP contribution < -0.4 is 17.0 Å². The molecule has 1 rings (SSSR count). The van der Waals surface area contributed by atoms with Crippen LogP contribution in [0, 0.1) is 11.3 Å². The first-order valence-electron chi connectivity index (χ1n) is 3.46. The van der Waals surface area contributed by atoms with Crippen molar-refractivity contribution in [3.05, 3.63) is 26.5 Å². The van der Waals surface area contributed by atoms with E-state index in [0.717, 1.165) is 9.13 Å². The average Bonchev–Trinajstić information content (AvgIpc) is 2.13. The fraction of sp³-hybridized carbons (Fsp3) is 0.286. The van der Waals surface area contributed by atoms with Gasteiger partial charge in [-0.15, -0.1) is 0 Å². The standard InChI is InChI=1S/C7H8N4O2/c1-10-4(3-8)5(9)6(12)11(2)7(10)13/h9H2,1-2H3. The van der Waals surface area contributed by atoms with E-state index in [1.165, 1.54) is 14.1 Å². The molecule has 0 fully saturated rings. The summed E-state index contributed by atoms with van der Waals surface area (Å²) in [4.78, 5) is 22.4. The summed E-state index contributed by atoms with van der Waals surface area (Å²) >= 11 is 0. The molecule has 0 atom stereocenters. The summed E-state index contributed by atoms with van der Waals surface area (Å²) in [5, 5.41) is 8.60. The van der Waals surface area contributed by atoms with Crippen LogP contribution in [0.15, 0.2) is 9.59 Å². The number of anilines is 1. The highest BCUT2D eigenvalue weighted by molar-refractivity contribution is 5.47. The lowest BCUT2D eigenvalue weighted by atomic mass is 10.3. The minimum Gasteiger partial charge on any atom is -0.392 e. The lowest BCUT2D eigenvalue weighted by molar-refractivity contribution is 0.682. The summed E-state index contributed by atoms with van der Waals surface area (Å²) in [6.07, 6.45) is 0. The zero-order chi connectivity index (χ0) is 10.2. The molecule has 0 unspecified atom stereocenters. The van der Waals surface area contributed by atoms with Crippen LogP contribution in [-0.4, -0.2) is 9.13 Å². The summed E-state index contributed by atoms with van der Waals surface area (Å²) in [7, 11) is 2.69. The molecule has 1 heterocycles. The van der Waals surface area contributed by atoms with Crippen molar-refractivity contribution < 1.29 is 0 Å². The molecule has 0 saturated carbocycles. The summed E-state index contributed by atoms with van der Waals surface area (Å²) in [5.74, 6) is 0. The normalized spacial score (nSPS) is 9.62. The minimum atomic E-state index is -0.639. The van der Waals surface area contributed by atoms with Crippen LogP contribution in [-0.2, 0) is 14.1 Å². The topological polar surface area (TPSA) is 93.8 Å². The first kappa shape index (κ1) is 9.06. The molecular weight excluding hydrogens is 172 g/mol. The van der Waals surface area contributed by atoms with Crippen molar-refractivity contribution in [1.29, 1.82) is 5.26 Å². The maximum atomic E-state index is 11.2. The third-order valence-corrected chi connectivity index (χ3v) is 1.81. The van der Waals surface area contributed by atoms with Crippen molar-refractivity contribution in [2.75, 3.05) is 5.73 Å². The van der Waals surface area contributed by atoms with Gasteiger partial charge in [0.05, 0.1) is 0 Å². The predicted octanol–water partition coefficient (Wildman–Crippen LogP) is -1.46. The second kappa shape index (κ2) is 2.79. The molecule has 0 aliphatic carbocycles. The maximum Gasteiger partial charge on any atom is 0.331 e. The molecule has 0 aromatic carbocycles. The predicted molar refractivity (Wildman–Crippen MR) is 46.1 cm³/mol. The van der Waals surface area contributed by atoms with E-state index >= 15 is 0 Å². The van der Waals surface area contributed by atoms with Gasteiger partial charge in [-0.1, -0.05) is 0 Å². The Hall–Kier alpha value is -2.03. The van der Waals surface area contributed by atoms with Gasteiger partial charge in [0.2, 0.25) is 0 Å². The van der Waals surface area contributed by atoms with Gasteiger partial charge in [0.1, 0.15) is 11.8 Å². The van der Waals surface area contributed by atoms with Gasteiger partial charge in [-0.2, -0.15) is 5.26 Å². The number of nitrogens with zero attached hydrogens (tertiary/aromatic N) is 3. The summed E-state index contributed by atoms with van der Waals surface area (Å²) in [5.41, 5.74) is 3.84. The number of nitrogens with two attached hydrogens (primary N) is 1. The number of aromatic nitrogens is 2. The van der Waals surface area contributed by atoms with Gasteiger partial charge in [0.25, 0.3) is 5.56 Å². The van der Waals surface area contributed by atoms with Crippen LogP contribution >= 0.6 is 0 Å². The van der Waals surface area contributed by atoms with Gasteiger partial charge in [-0.05, 0) is 0 Å². The smallest absolute Gasteiger partial charge is 0.331 e. The molecule has 0 amide bonds. The Balaban J connectivity index is 3.92. The zero-order valence-electron chi connectivity index (χ0n) is 7.24. The van der Waals surface area contributed by atoms with Gasteiger partial charge >= 0.3 is 5.69 Å². The molecular formula is C7H8N4O2. The maximum absolute atomic E-state index is 11.2. The molecule has 2 N–H and O–H groups in total. The first-order valence-corrected chi connectivity index (χ1v) is 3.46.